The summed E-state index contributed by atoms with van der Waals surface area (Å²) in [5, 5.41) is 0.596. The van der Waals surface area contributed by atoms with E-state index in [2.05, 4.69) is 9.97 Å². The van der Waals surface area contributed by atoms with Crippen molar-refractivity contribution in [3.63, 3.8) is 0 Å². The van der Waals surface area contributed by atoms with Gasteiger partial charge in [0.15, 0.2) is 5.16 Å². The third-order valence-electron chi connectivity index (χ3n) is 5.24. The molecular formula is C21H30N6O3S. The van der Waals surface area contributed by atoms with Crippen molar-refractivity contribution in [2.45, 2.75) is 51.9 Å². The minimum Gasteiger partial charge on any atom is -0.354 e. The Morgan fingerprint density at radius 3 is 2.29 bits per heavy atom. The monoisotopic (exact) mass is 446 g/mol. The molecule has 0 saturated carbocycles. The van der Waals surface area contributed by atoms with Gasteiger partial charge < -0.3 is 9.80 Å². The van der Waals surface area contributed by atoms with E-state index in [4.69, 9.17) is 0 Å². The van der Waals surface area contributed by atoms with Gasteiger partial charge >= 0.3 is 5.69 Å². The first-order valence-corrected chi connectivity index (χ1v) is 11.5. The molecule has 2 aromatic heterocycles. The number of carbonyl (C=O) groups excluding carboxylic acids is 1. The van der Waals surface area contributed by atoms with E-state index in [9.17, 15) is 14.4 Å². The Hall–Kier alpha value is -2.62. The van der Waals surface area contributed by atoms with E-state index in [-0.39, 0.29) is 35.0 Å². The molecule has 9 nitrogen and oxygen atoms in total. The van der Waals surface area contributed by atoms with Crippen LogP contribution in [0.3, 0.4) is 0 Å². The highest BCUT2D eigenvalue weighted by molar-refractivity contribution is 7.99. The van der Waals surface area contributed by atoms with Gasteiger partial charge in [0, 0.05) is 56.2 Å². The Labute approximate surface area is 186 Å². The molecule has 0 unspecified atom stereocenters. The lowest BCUT2D eigenvalue weighted by Crippen LogP contribution is -2.52. The van der Waals surface area contributed by atoms with Crippen LogP contribution in [-0.4, -0.2) is 61.8 Å². The lowest BCUT2D eigenvalue weighted by Gasteiger charge is -2.37. The van der Waals surface area contributed by atoms with Gasteiger partial charge in [-0.3, -0.25) is 18.7 Å². The number of piperazine rings is 1. The molecule has 1 aliphatic heterocycles. The fraction of sp³-hybridized carbons (Fsp3) is 0.571. The van der Waals surface area contributed by atoms with E-state index < -0.39 is 0 Å². The third-order valence-corrected chi connectivity index (χ3v) is 6.08. The number of nitrogens with zero attached hydrogens (tertiary/aromatic N) is 6. The van der Waals surface area contributed by atoms with Gasteiger partial charge in [0.05, 0.1) is 5.75 Å². The zero-order valence-corrected chi connectivity index (χ0v) is 19.6. The smallest absolute Gasteiger partial charge is 0.333 e. The van der Waals surface area contributed by atoms with Crippen molar-refractivity contribution in [1.29, 1.82) is 0 Å². The van der Waals surface area contributed by atoms with Gasteiger partial charge in [0.2, 0.25) is 5.91 Å². The van der Waals surface area contributed by atoms with Gasteiger partial charge in [0.25, 0.3) is 5.56 Å². The topological polar surface area (TPSA) is 93.3 Å². The fourth-order valence-corrected chi connectivity index (χ4v) is 4.44. The van der Waals surface area contributed by atoms with Crippen LogP contribution in [0.2, 0.25) is 0 Å². The normalized spacial score (nSPS) is 14.5. The van der Waals surface area contributed by atoms with Gasteiger partial charge in [-0.25, -0.2) is 14.8 Å². The molecule has 0 aromatic carbocycles. The number of carbonyl (C=O) groups is 1. The molecule has 1 aliphatic rings. The van der Waals surface area contributed by atoms with Gasteiger partial charge in [-0.2, -0.15) is 0 Å². The summed E-state index contributed by atoms with van der Waals surface area (Å²) in [6.45, 7) is 11.6. The molecule has 0 radical (unpaired) electrons. The first-order valence-electron chi connectivity index (χ1n) is 10.5. The predicted octanol–water partition coefficient (Wildman–Crippen LogP) is 1.71. The summed E-state index contributed by atoms with van der Waals surface area (Å²) >= 11 is 1.33. The lowest BCUT2D eigenvalue weighted by atomic mass is 10.2. The van der Waals surface area contributed by atoms with Crippen LogP contribution in [0, 0.1) is 6.92 Å². The molecule has 0 N–H and O–H groups in total. The molecule has 1 saturated heterocycles. The van der Waals surface area contributed by atoms with Crippen molar-refractivity contribution in [2.75, 3.05) is 36.8 Å². The first-order chi connectivity index (χ1) is 14.7. The van der Waals surface area contributed by atoms with Crippen LogP contribution in [0.5, 0.6) is 0 Å². The zero-order chi connectivity index (χ0) is 22.7. The minimum atomic E-state index is -0.292. The van der Waals surface area contributed by atoms with E-state index in [1.807, 2.05) is 50.5 Å². The molecule has 3 heterocycles. The van der Waals surface area contributed by atoms with Crippen LogP contribution in [0.25, 0.3) is 0 Å². The van der Waals surface area contributed by atoms with Crippen LogP contribution in [0.15, 0.2) is 33.1 Å². The molecule has 1 amide bonds. The highest BCUT2D eigenvalue weighted by Crippen LogP contribution is 2.19. The summed E-state index contributed by atoms with van der Waals surface area (Å²) in [6.07, 6.45) is 1.69. The molecule has 10 heteroatoms. The van der Waals surface area contributed by atoms with Crippen molar-refractivity contribution in [3.05, 3.63) is 44.9 Å². The van der Waals surface area contributed by atoms with Crippen molar-refractivity contribution in [2.24, 2.45) is 0 Å². The first kappa shape index (κ1) is 23.1. The summed E-state index contributed by atoms with van der Waals surface area (Å²) in [6, 6.07) is 3.08. The average Bonchev–Trinajstić information content (AvgIpc) is 2.71. The number of hydrogen-bond acceptors (Lipinski definition) is 7. The maximum atomic E-state index is 13.0. The molecule has 1 fully saturated rings. The van der Waals surface area contributed by atoms with E-state index in [0.29, 0.717) is 37.2 Å². The number of amides is 1. The van der Waals surface area contributed by atoms with Crippen LogP contribution >= 0.6 is 11.8 Å². The fourth-order valence-electron chi connectivity index (χ4n) is 3.66. The average molecular weight is 447 g/mol. The Morgan fingerprint density at radius 2 is 1.71 bits per heavy atom. The third kappa shape index (κ3) is 5.17. The number of aromatic nitrogens is 4. The van der Waals surface area contributed by atoms with E-state index in [1.54, 1.807) is 16.8 Å². The summed E-state index contributed by atoms with van der Waals surface area (Å²) in [5.74, 6) is 0.938. The second-order valence-corrected chi connectivity index (χ2v) is 9.13. The lowest BCUT2D eigenvalue weighted by molar-refractivity contribution is -0.128. The maximum Gasteiger partial charge on any atom is 0.333 e. The number of rotatable bonds is 6. The molecular weight excluding hydrogens is 416 g/mol. The van der Waals surface area contributed by atoms with Gasteiger partial charge in [-0.1, -0.05) is 11.8 Å². The largest absolute Gasteiger partial charge is 0.354 e. The van der Waals surface area contributed by atoms with E-state index in [0.717, 1.165) is 5.69 Å². The number of thioether (sulfide) groups is 1. The van der Waals surface area contributed by atoms with E-state index >= 15 is 0 Å². The Kier molecular flexibility index (Phi) is 7.19. The molecule has 2 aromatic rings. The maximum absolute atomic E-state index is 13.0. The predicted molar refractivity (Wildman–Crippen MR) is 122 cm³/mol. The van der Waals surface area contributed by atoms with Crippen molar-refractivity contribution < 1.29 is 4.79 Å². The van der Waals surface area contributed by atoms with Crippen LogP contribution < -0.4 is 16.1 Å². The molecule has 31 heavy (non-hydrogen) atoms. The van der Waals surface area contributed by atoms with Gasteiger partial charge in [-0.15, -0.1) is 0 Å². The highest BCUT2D eigenvalue weighted by Gasteiger charge is 2.25. The molecule has 0 spiro atoms. The minimum absolute atomic E-state index is 0.0335. The highest BCUT2D eigenvalue weighted by atomic mass is 32.2. The summed E-state index contributed by atoms with van der Waals surface area (Å²) in [7, 11) is 0. The van der Waals surface area contributed by atoms with Crippen LogP contribution in [-0.2, 0) is 4.79 Å². The van der Waals surface area contributed by atoms with Gasteiger partial charge in [-0.05, 0) is 40.7 Å². The molecule has 3 rings (SSSR count). The van der Waals surface area contributed by atoms with Crippen LogP contribution in [0.4, 0.5) is 5.82 Å². The van der Waals surface area contributed by atoms with Crippen LogP contribution in [0.1, 0.15) is 45.5 Å². The molecule has 0 atom stereocenters. The SMILES string of the molecule is Cc1ccnc(SCC(=O)N2CCN(c3cc(=O)n(C(C)C)c(=O)n3C(C)C)CC2)n1. The number of hydrogen-bond donors (Lipinski definition) is 0. The standard InChI is InChI=1S/C21H30N6O3S/c1-14(2)26-17(12-18(28)27(15(3)4)21(26)30)24-8-10-25(11-9-24)19(29)13-31-20-22-7-6-16(5)23-20/h6-7,12,14-15H,8-11,13H2,1-5H3. The Morgan fingerprint density at radius 1 is 1.06 bits per heavy atom. The second kappa shape index (κ2) is 9.67. The Bertz CT molecular complexity index is 1050. The quantitative estimate of drug-likeness (QED) is 0.493. The van der Waals surface area contributed by atoms with Crippen molar-refractivity contribution in [3.8, 4) is 0 Å². The number of anilines is 1. The molecule has 168 valence electrons. The number of aryl methyl sites for hydroxylation is 1. The zero-order valence-electron chi connectivity index (χ0n) is 18.7. The van der Waals surface area contributed by atoms with Crippen molar-refractivity contribution in [1.82, 2.24) is 24.0 Å². The summed E-state index contributed by atoms with van der Waals surface area (Å²) in [5.41, 5.74) is 0.287. The Balaban J connectivity index is 1.70. The summed E-state index contributed by atoms with van der Waals surface area (Å²) in [4.78, 5) is 50.5. The van der Waals surface area contributed by atoms with Crippen molar-refractivity contribution >= 4 is 23.5 Å². The summed E-state index contributed by atoms with van der Waals surface area (Å²) < 4.78 is 2.96. The second-order valence-electron chi connectivity index (χ2n) is 8.19. The van der Waals surface area contributed by atoms with Gasteiger partial charge in [0.1, 0.15) is 5.82 Å². The molecule has 0 bridgehead atoms. The molecule has 0 aliphatic carbocycles. The van der Waals surface area contributed by atoms with E-state index in [1.165, 1.54) is 16.3 Å².